The zero-order chi connectivity index (χ0) is 14.1. The molecule has 0 bridgehead atoms. The quantitative estimate of drug-likeness (QED) is 0.918. The molecule has 0 aromatic carbocycles. The lowest BCUT2D eigenvalue weighted by atomic mass is 10.1. The smallest absolute Gasteiger partial charge is 0.137 e. The van der Waals surface area contributed by atoms with Gasteiger partial charge in [0.2, 0.25) is 0 Å². The molecule has 1 aliphatic carbocycles. The first-order chi connectivity index (χ1) is 9.70. The van der Waals surface area contributed by atoms with E-state index in [0.29, 0.717) is 12.1 Å². The molecule has 110 valence electrons. The van der Waals surface area contributed by atoms with Gasteiger partial charge in [0, 0.05) is 18.7 Å². The molecule has 2 unspecified atom stereocenters. The molecular formula is C15H24N4O. The van der Waals surface area contributed by atoms with E-state index in [1.807, 2.05) is 6.92 Å². The first-order valence-electron chi connectivity index (χ1n) is 7.68. The van der Waals surface area contributed by atoms with Crippen molar-refractivity contribution in [3.05, 3.63) is 11.4 Å². The summed E-state index contributed by atoms with van der Waals surface area (Å²) in [6, 6.07) is 0.492. The minimum absolute atomic E-state index is 0.390. The zero-order valence-electron chi connectivity index (χ0n) is 12.6. The maximum absolute atomic E-state index is 5.90. The molecule has 2 aliphatic rings. The van der Waals surface area contributed by atoms with Gasteiger partial charge in [-0.15, -0.1) is 0 Å². The van der Waals surface area contributed by atoms with Crippen molar-refractivity contribution in [1.82, 2.24) is 9.97 Å². The summed E-state index contributed by atoms with van der Waals surface area (Å²) in [5.41, 5.74) is 1.16. The van der Waals surface area contributed by atoms with Crippen LogP contribution in [0.1, 0.15) is 37.6 Å². The Balaban J connectivity index is 1.96. The van der Waals surface area contributed by atoms with Crippen LogP contribution in [-0.2, 0) is 4.74 Å². The number of fused-ring (bicyclic) bond motifs is 1. The van der Waals surface area contributed by atoms with Crippen LogP contribution in [0.5, 0.6) is 0 Å². The van der Waals surface area contributed by atoms with Crippen molar-refractivity contribution in [1.29, 1.82) is 0 Å². The Bertz CT molecular complexity index is 491. The molecule has 2 fully saturated rings. The van der Waals surface area contributed by atoms with Gasteiger partial charge in [-0.25, -0.2) is 9.97 Å². The fraction of sp³-hybridized carbons (Fsp3) is 0.733. The van der Waals surface area contributed by atoms with Gasteiger partial charge in [-0.1, -0.05) is 0 Å². The highest BCUT2D eigenvalue weighted by Crippen LogP contribution is 2.34. The summed E-state index contributed by atoms with van der Waals surface area (Å²) in [5, 5.41) is 3.35. The largest absolute Gasteiger partial charge is 0.374 e. The van der Waals surface area contributed by atoms with Crippen molar-refractivity contribution in [2.24, 2.45) is 0 Å². The molecule has 1 aromatic heterocycles. The number of nitrogens with zero attached hydrogens (tertiary/aromatic N) is 3. The number of hydrogen-bond acceptors (Lipinski definition) is 5. The van der Waals surface area contributed by atoms with Gasteiger partial charge in [-0.3, -0.25) is 0 Å². The van der Waals surface area contributed by atoms with Crippen LogP contribution in [0.3, 0.4) is 0 Å². The first-order valence-corrected chi connectivity index (χ1v) is 7.68. The average molecular weight is 276 g/mol. The Labute approximate surface area is 120 Å². The molecule has 0 radical (unpaired) electrons. The summed E-state index contributed by atoms with van der Waals surface area (Å²) in [4.78, 5) is 11.7. The van der Waals surface area contributed by atoms with Crippen molar-refractivity contribution in [2.45, 2.75) is 52.2 Å². The fourth-order valence-electron chi connectivity index (χ4n) is 3.42. The molecule has 2 atom stereocenters. The van der Waals surface area contributed by atoms with Gasteiger partial charge in [0.05, 0.1) is 18.8 Å². The topological polar surface area (TPSA) is 50.3 Å². The van der Waals surface area contributed by atoms with Gasteiger partial charge in [0.15, 0.2) is 0 Å². The van der Waals surface area contributed by atoms with Crippen molar-refractivity contribution in [3.63, 3.8) is 0 Å². The van der Waals surface area contributed by atoms with Crippen molar-refractivity contribution in [2.75, 3.05) is 29.9 Å². The van der Waals surface area contributed by atoms with Crippen LogP contribution < -0.4 is 10.2 Å². The lowest BCUT2D eigenvalue weighted by Crippen LogP contribution is -2.49. The summed E-state index contributed by atoms with van der Waals surface area (Å²) >= 11 is 0. The van der Waals surface area contributed by atoms with Crippen LogP contribution in [0.15, 0.2) is 0 Å². The molecule has 20 heavy (non-hydrogen) atoms. The van der Waals surface area contributed by atoms with E-state index < -0.39 is 0 Å². The highest BCUT2D eigenvalue weighted by atomic mass is 16.5. The van der Waals surface area contributed by atoms with Gasteiger partial charge in [-0.2, -0.15) is 0 Å². The Morgan fingerprint density at radius 1 is 1.30 bits per heavy atom. The average Bonchev–Trinajstić information content (AvgIpc) is 2.91. The minimum atomic E-state index is 0.390. The summed E-state index contributed by atoms with van der Waals surface area (Å²) < 4.78 is 5.90. The second-order valence-electron chi connectivity index (χ2n) is 5.70. The third kappa shape index (κ3) is 2.35. The van der Waals surface area contributed by atoms with Crippen LogP contribution in [0.25, 0.3) is 0 Å². The summed E-state index contributed by atoms with van der Waals surface area (Å²) in [5.74, 6) is 2.90. The van der Waals surface area contributed by atoms with E-state index in [9.17, 15) is 0 Å². The van der Waals surface area contributed by atoms with Gasteiger partial charge >= 0.3 is 0 Å². The van der Waals surface area contributed by atoms with Gasteiger partial charge < -0.3 is 15.0 Å². The number of morpholine rings is 1. The molecule has 1 N–H and O–H groups in total. The predicted octanol–water partition coefficient (Wildman–Crippen LogP) is 2.28. The maximum atomic E-state index is 5.90. The van der Waals surface area contributed by atoms with Crippen LogP contribution in [0.4, 0.5) is 11.6 Å². The molecule has 1 saturated carbocycles. The molecule has 1 aliphatic heterocycles. The highest BCUT2D eigenvalue weighted by molar-refractivity contribution is 5.59. The lowest BCUT2D eigenvalue weighted by molar-refractivity contribution is 0.0252. The highest BCUT2D eigenvalue weighted by Gasteiger charge is 2.37. The van der Waals surface area contributed by atoms with Gasteiger partial charge in [0.25, 0.3) is 0 Å². The number of anilines is 2. The van der Waals surface area contributed by atoms with E-state index in [1.165, 1.54) is 19.3 Å². The van der Waals surface area contributed by atoms with Crippen LogP contribution in [0, 0.1) is 13.8 Å². The Hall–Kier alpha value is -1.36. The molecule has 0 amide bonds. The van der Waals surface area contributed by atoms with Gasteiger partial charge in [0.1, 0.15) is 17.5 Å². The fourth-order valence-corrected chi connectivity index (χ4v) is 3.42. The second-order valence-corrected chi connectivity index (χ2v) is 5.70. The Morgan fingerprint density at radius 3 is 2.95 bits per heavy atom. The van der Waals surface area contributed by atoms with Gasteiger partial charge in [-0.05, 0) is 40.0 Å². The number of hydrogen-bond donors (Lipinski definition) is 1. The van der Waals surface area contributed by atoms with E-state index in [-0.39, 0.29) is 0 Å². The van der Waals surface area contributed by atoms with Crippen LogP contribution in [-0.4, -0.2) is 41.8 Å². The molecule has 5 heteroatoms. The van der Waals surface area contributed by atoms with Crippen molar-refractivity contribution >= 4 is 11.6 Å². The molecule has 5 nitrogen and oxygen atoms in total. The normalized spacial score (nSPS) is 25.6. The predicted molar refractivity (Wildman–Crippen MR) is 80.4 cm³/mol. The molecule has 2 heterocycles. The number of ether oxygens (including phenoxy) is 1. The van der Waals surface area contributed by atoms with E-state index in [1.54, 1.807) is 0 Å². The number of aromatic nitrogens is 2. The molecule has 3 rings (SSSR count). The number of nitrogens with one attached hydrogen (secondary N) is 1. The lowest BCUT2D eigenvalue weighted by Gasteiger charge is -2.39. The van der Waals surface area contributed by atoms with Crippen LogP contribution in [0.2, 0.25) is 0 Å². The summed E-state index contributed by atoms with van der Waals surface area (Å²) in [7, 11) is 0. The van der Waals surface area contributed by atoms with E-state index in [0.717, 1.165) is 42.7 Å². The van der Waals surface area contributed by atoms with Crippen LogP contribution >= 0.6 is 0 Å². The minimum Gasteiger partial charge on any atom is -0.374 e. The zero-order valence-corrected chi connectivity index (χ0v) is 12.6. The molecule has 1 aromatic rings. The molecule has 0 spiro atoms. The maximum Gasteiger partial charge on any atom is 0.137 e. The van der Waals surface area contributed by atoms with Crippen molar-refractivity contribution < 1.29 is 4.74 Å². The Kier molecular flexibility index (Phi) is 3.78. The van der Waals surface area contributed by atoms with E-state index >= 15 is 0 Å². The monoisotopic (exact) mass is 276 g/mol. The summed E-state index contributed by atoms with van der Waals surface area (Å²) in [6.07, 6.45) is 4.05. The molecule has 1 saturated heterocycles. The third-order valence-electron chi connectivity index (χ3n) is 4.33. The Morgan fingerprint density at radius 2 is 2.15 bits per heavy atom. The SMILES string of the molecule is CCNc1nc(C)nc(N2CCOC3CCCC32)c1C. The van der Waals surface area contributed by atoms with E-state index in [2.05, 4.69) is 29.0 Å². The third-order valence-corrected chi connectivity index (χ3v) is 4.33. The standard InChI is InChI=1S/C15H24N4O/c1-4-16-14-10(2)15(18-11(3)17-14)19-8-9-20-13-7-5-6-12(13)19/h12-13H,4-9H2,1-3H3,(H,16,17,18). The number of aryl methyl sites for hydroxylation is 1. The second kappa shape index (κ2) is 5.56. The number of rotatable bonds is 3. The van der Waals surface area contributed by atoms with Crippen molar-refractivity contribution in [3.8, 4) is 0 Å². The summed E-state index contributed by atoms with van der Waals surface area (Å²) in [6.45, 7) is 8.80. The first kappa shape index (κ1) is 13.6. The molecular weight excluding hydrogens is 252 g/mol. The van der Waals surface area contributed by atoms with E-state index in [4.69, 9.17) is 9.72 Å².